The van der Waals surface area contributed by atoms with Crippen LogP contribution < -0.4 is 5.32 Å². The predicted octanol–water partition coefficient (Wildman–Crippen LogP) is 1.18. The molecule has 1 heterocycles. The largest absolute Gasteiger partial charge is 0.391 e. The number of halogens is 1. The van der Waals surface area contributed by atoms with E-state index in [9.17, 15) is 14.3 Å². The third-order valence-electron chi connectivity index (χ3n) is 3.71. The fraction of sp³-hybridized carbons (Fsp3) is 0.500. The second-order valence-electron chi connectivity index (χ2n) is 5.71. The number of hydrogen-bond donors (Lipinski definition) is 2. The number of nitrogens with zero attached hydrogens (tertiary/aromatic N) is 4. The van der Waals surface area contributed by atoms with Crippen molar-refractivity contribution in [2.75, 3.05) is 6.54 Å². The Labute approximate surface area is 139 Å². The molecule has 0 aliphatic rings. The first-order valence-electron chi connectivity index (χ1n) is 7.96. The molecular weight excluding hydrogens is 313 g/mol. The van der Waals surface area contributed by atoms with Crippen LogP contribution in [0.4, 0.5) is 4.39 Å². The summed E-state index contributed by atoms with van der Waals surface area (Å²) in [4.78, 5) is 12.6. The van der Waals surface area contributed by atoms with Gasteiger partial charge < -0.3 is 10.4 Å². The Hall–Kier alpha value is -2.35. The summed E-state index contributed by atoms with van der Waals surface area (Å²) in [5, 5.41) is 23.7. The molecule has 2 unspecified atom stereocenters. The van der Waals surface area contributed by atoms with Gasteiger partial charge in [0.15, 0.2) is 0 Å². The average molecular weight is 335 g/mol. The monoisotopic (exact) mass is 335 g/mol. The van der Waals surface area contributed by atoms with Crippen molar-refractivity contribution in [3.05, 3.63) is 41.5 Å². The quantitative estimate of drug-likeness (QED) is 0.756. The molecule has 0 aliphatic carbocycles. The number of carbonyl (C=O) groups excluding carboxylic acids is 1. The number of aliphatic hydroxyl groups is 1. The zero-order valence-corrected chi connectivity index (χ0v) is 13.8. The Morgan fingerprint density at radius 3 is 2.88 bits per heavy atom. The molecule has 0 saturated heterocycles. The molecular formula is C16H22FN5O2. The molecule has 2 N–H and O–H groups in total. The average Bonchev–Trinajstić information content (AvgIpc) is 2.96. The van der Waals surface area contributed by atoms with Gasteiger partial charge in [-0.1, -0.05) is 25.5 Å². The van der Waals surface area contributed by atoms with Gasteiger partial charge in [-0.2, -0.15) is 0 Å². The van der Waals surface area contributed by atoms with Crippen LogP contribution in [0.5, 0.6) is 0 Å². The first kappa shape index (κ1) is 18.0. The first-order valence-corrected chi connectivity index (χ1v) is 7.96. The highest BCUT2D eigenvalue weighted by Gasteiger charge is 2.24. The van der Waals surface area contributed by atoms with Gasteiger partial charge in [-0.15, -0.1) is 5.10 Å². The molecule has 0 saturated carbocycles. The van der Waals surface area contributed by atoms with Gasteiger partial charge >= 0.3 is 0 Å². The SMILES string of the molecule is CCCC(O)CNC(=O)C(Cc1cccc(F)c1)n1nnnc1C. The van der Waals surface area contributed by atoms with Crippen LogP contribution in [0.15, 0.2) is 24.3 Å². The normalized spacial score (nSPS) is 13.5. The topological polar surface area (TPSA) is 92.9 Å². The Kier molecular flexibility index (Phi) is 6.36. The molecule has 130 valence electrons. The van der Waals surface area contributed by atoms with Crippen LogP contribution in [0.25, 0.3) is 0 Å². The molecule has 7 nitrogen and oxygen atoms in total. The zero-order chi connectivity index (χ0) is 17.5. The Morgan fingerprint density at radius 2 is 2.25 bits per heavy atom. The second-order valence-corrected chi connectivity index (χ2v) is 5.71. The number of tetrazole rings is 1. The van der Waals surface area contributed by atoms with Crippen LogP contribution in [0, 0.1) is 12.7 Å². The minimum Gasteiger partial charge on any atom is -0.391 e. The van der Waals surface area contributed by atoms with Crippen LogP contribution in [0.2, 0.25) is 0 Å². The minimum absolute atomic E-state index is 0.160. The van der Waals surface area contributed by atoms with Gasteiger partial charge in [0.25, 0.3) is 0 Å². The molecule has 0 bridgehead atoms. The summed E-state index contributed by atoms with van der Waals surface area (Å²) in [5.74, 6) is -0.191. The third kappa shape index (κ3) is 4.82. The summed E-state index contributed by atoms with van der Waals surface area (Å²) in [7, 11) is 0. The van der Waals surface area contributed by atoms with Gasteiger partial charge in [-0.3, -0.25) is 4.79 Å². The minimum atomic E-state index is -0.712. The maximum atomic E-state index is 13.4. The van der Waals surface area contributed by atoms with E-state index < -0.39 is 12.1 Å². The number of nitrogens with one attached hydrogen (secondary N) is 1. The van der Waals surface area contributed by atoms with Gasteiger partial charge in [0.2, 0.25) is 5.91 Å². The van der Waals surface area contributed by atoms with Crippen molar-refractivity contribution in [2.24, 2.45) is 0 Å². The van der Waals surface area contributed by atoms with Crippen molar-refractivity contribution in [3.63, 3.8) is 0 Å². The standard InChI is InChI=1S/C16H22FN5O2/c1-3-5-14(23)10-18-16(24)15(22-11(2)19-20-21-22)9-12-6-4-7-13(17)8-12/h4,6-8,14-15,23H,3,5,9-10H2,1-2H3,(H,18,24). The third-order valence-corrected chi connectivity index (χ3v) is 3.71. The molecule has 0 aliphatic heterocycles. The van der Waals surface area contributed by atoms with Gasteiger partial charge in [0, 0.05) is 13.0 Å². The van der Waals surface area contributed by atoms with Crippen LogP contribution in [0.1, 0.15) is 37.2 Å². The number of benzene rings is 1. The lowest BCUT2D eigenvalue weighted by atomic mass is 10.0. The van der Waals surface area contributed by atoms with Crippen LogP contribution in [-0.4, -0.2) is 43.9 Å². The van der Waals surface area contributed by atoms with E-state index in [1.54, 1.807) is 19.1 Å². The number of aromatic nitrogens is 4. The molecule has 0 radical (unpaired) electrons. The number of rotatable bonds is 8. The van der Waals surface area contributed by atoms with Crippen molar-refractivity contribution < 1.29 is 14.3 Å². The summed E-state index contributed by atoms with van der Waals surface area (Å²) in [6, 6.07) is 5.36. The molecule has 1 aromatic carbocycles. The number of hydrogen-bond acceptors (Lipinski definition) is 5. The highest BCUT2D eigenvalue weighted by Crippen LogP contribution is 2.16. The lowest BCUT2D eigenvalue weighted by Crippen LogP contribution is -2.39. The lowest BCUT2D eigenvalue weighted by Gasteiger charge is -2.19. The zero-order valence-electron chi connectivity index (χ0n) is 13.8. The number of aliphatic hydroxyl groups excluding tert-OH is 1. The van der Waals surface area contributed by atoms with E-state index in [2.05, 4.69) is 20.8 Å². The fourth-order valence-electron chi connectivity index (χ4n) is 2.48. The first-order chi connectivity index (χ1) is 11.5. The Balaban J connectivity index is 2.14. The second kappa shape index (κ2) is 8.49. The summed E-state index contributed by atoms with van der Waals surface area (Å²) >= 11 is 0. The highest BCUT2D eigenvalue weighted by molar-refractivity contribution is 5.80. The summed E-state index contributed by atoms with van der Waals surface area (Å²) in [6.07, 6.45) is 1.09. The molecule has 2 aromatic rings. The molecule has 2 atom stereocenters. The Morgan fingerprint density at radius 1 is 1.46 bits per heavy atom. The lowest BCUT2D eigenvalue weighted by molar-refractivity contribution is -0.125. The van der Waals surface area contributed by atoms with Gasteiger partial charge in [0.1, 0.15) is 17.7 Å². The smallest absolute Gasteiger partial charge is 0.245 e. The molecule has 0 spiro atoms. The van der Waals surface area contributed by atoms with E-state index in [4.69, 9.17) is 0 Å². The van der Waals surface area contributed by atoms with Crippen LogP contribution in [-0.2, 0) is 11.2 Å². The van der Waals surface area contributed by atoms with E-state index in [-0.39, 0.29) is 24.7 Å². The van der Waals surface area contributed by atoms with Gasteiger partial charge in [-0.25, -0.2) is 9.07 Å². The highest BCUT2D eigenvalue weighted by atomic mass is 19.1. The maximum Gasteiger partial charge on any atom is 0.245 e. The van der Waals surface area contributed by atoms with Crippen LogP contribution in [0.3, 0.4) is 0 Å². The number of amides is 1. The van der Waals surface area contributed by atoms with E-state index >= 15 is 0 Å². The van der Waals surface area contributed by atoms with E-state index in [1.807, 2.05) is 6.92 Å². The maximum absolute atomic E-state index is 13.4. The van der Waals surface area contributed by atoms with Crippen molar-refractivity contribution in [1.82, 2.24) is 25.5 Å². The molecule has 8 heteroatoms. The van der Waals surface area contributed by atoms with Crippen molar-refractivity contribution in [1.29, 1.82) is 0 Å². The molecule has 24 heavy (non-hydrogen) atoms. The Bertz CT molecular complexity index is 676. The molecule has 0 fully saturated rings. The van der Waals surface area contributed by atoms with Crippen molar-refractivity contribution in [2.45, 2.75) is 45.3 Å². The van der Waals surface area contributed by atoms with Gasteiger partial charge in [-0.05, 0) is 41.5 Å². The summed E-state index contributed by atoms with van der Waals surface area (Å²) in [6.45, 7) is 3.81. The van der Waals surface area contributed by atoms with Crippen molar-refractivity contribution >= 4 is 5.91 Å². The predicted molar refractivity (Wildman–Crippen MR) is 85.6 cm³/mol. The van der Waals surface area contributed by atoms with Gasteiger partial charge in [0.05, 0.1) is 6.10 Å². The van der Waals surface area contributed by atoms with Crippen molar-refractivity contribution in [3.8, 4) is 0 Å². The van der Waals surface area contributed by atoms with E-state index in [1.165, 1.54) is 16.8 Å². The number of aryl methyl sites for hydroxylation is 1. The molecule has 2 rings (SSSR count). The summed E-state index contributed by atoms with van der Waals surface area (Å²) < 4.78 is 14.8. The molecule has 1 amide bonds. The van der Waals surface area contributed by atoms with Crippen LogP contribution >= 0.6 is 0 Å². The number of carbonyl (C=O) groups is 1. The van der Waals surface area contributed by atoms with E-state index in [0.717, 1.165) is 6.42 Å². The summed E-state index contributed by atoms with van der Waals surface area (Å²) in [5.41, 5.74) is 0.666. The fourth-order valence-corrected chi connectivity index (χ4v) is 2.48. The molecule has 1 aromatic heterocycles. The van der Waals surface area contributed by atoms with E-state index in [0.29, 0.717) is 17.8 Å².